The summed E-state index contributed by atoms with van der Waals surface area (Å²) in [5, 5.41) is 0. The van der Waals surface area contributed by atoms with E-state index in [0.717, 1.165) is 25.9 Å². The standard InChI is InChI=1S/C21H25N3O4S/c1-29(26,27)24-16-20(28-19-10-6-5-9-18(19)24)21(25)23-13-11-22(12-14-23)15-17-7-3-2-4-8-17/h2-10,20H,11-16H2,1H3. The molecular weight excluding hydrogens is 390 g/mol. The smallest absolute Gasteiger partial charge is 0.265 e. The van der Waals surface area contributed by atoms with Gasteiger partial charge in [0.25, 0.3) is 5.91 Å². The Hall–Kier alpha value is -2.58. The zero-order valence-electron chi connectivity index (χ0n) is 16.4. The van der Waals surface area contributed by atoms with Gasteiger partial charge in [-0.05, 0) is 17.7 Å². The number of benzene rings is 2. The highest BCUT2D eigenvalue weighted by molar-refractivity contribution is 7.92. The van der Waals surface area contributed by atoms with Crippen molar-refractivity contribution in [2.75, 3.05) is 43.3 Å². The number of amides is 1. The number of hydrogen-bond donors (Lipinski definition) is 0. The molecule has 2 aromatic rings. The summed E-state index contributed by atoms with van der Waals surface area (Å²) in [5.74, 6) is 0.262. The van der Waals surface area contributed by atoms with Crippen LogP contribution >= 0.6 is 0 Å². The number of para-hydroxylation sites is 2. The van der Waals surface area contributed by atoms with Gasteiger partial charge < -0.3 is 9.64 Å². The van der Waals surface area contributed by atoms with Gasteiger partial charge in [0.15, 0.2) is 6.10 Å². The maximum atomic E-state index is 13.1. The molecule has 1 fully saturated rings. The summed E-state index contributed by atoms with van der Waals surface area (Å²) in [5.41, 5.74) is 1.73. The molecule has 4 rings (SSSR count). The van der Waals surface area contributed by atoms with Gasteiger partial charge in [0, 0.05) is 32.7 Å². The van der Waals surface area contributed by atoms with E-state index >= 15 is 0 Å². The first-order valence-electron chi connectivity index (χ1n) is 9.70. The Kier molecular flexibility index (Phi) is 5.47. The molecule has 2 aromatic carbocycles. The summed E-state index contributed by atoms with van der Waals surface area (Å²) in [4.78, 5) is 17.2. The zero-order valence-corrected chi connectivity index (χ0v) is 17.2. The van der Waals surface area contributed by atoms with Crippen molar-refractivity contribution < 1.29 is 17.9 Å². The summed E-state index contributed by atoms with van der Waals surface area (Å²) in [6, 6.07) is 17.2. The van der Waals surface area contributed by atoms with Crippen molar-refractivity contribution in [1.82, 2.24) is 9.80 Å². The third-order valence-corrected chi connectivity index (χ3v) is 6.49. The summed E-state index contributed by atoms with van der Waals surface area (Å²) >= 11 is 0. The molecule has 2 heterocycles. The van der Waals surface area contributed by atoms with Crippen molar-refractivity contribution in [2.45, 2.75) is 12.6 Å². The van der Waals surface area contributed by atoms with Crippen LogP contribution < -0.4 is 9.04 Å². The fraction of sp³-hybridized carbons (Fsp3) is 0.381. The Labute approximate surface area is 171 Å². The van der Waals surface area contributed by atoms with Crippen LogP contribution in [0.2, 0.25) is 0 Å². The van der Waals surface area contributed by atoms with Crippen LogP contribution in [0.4, 0.5) is 5.69 Å². The Balaban J connectivity index is 1.41. The number of rotatable bonds is 4. The molecule has 2 aliphatic rings. The monoisotopic (exact) mass is 415 g/mol. The molecule has 0 bridgehead atoms. The van der Waals surface area contributed by atoms with E-state index in [0.29, 0.717) is 24.5 Å². The van der Waals surface area contributed by atoms with E-state index in [1.165, 1.54) is 9.87 Å². The topological polar surface area (TPSA) is 70.2 Å². The number of nitrogens with zero attached hydrogens (tertiary/aromatic N) is 3. The Morgan fingerprint density at radius 1 is 1.00 bits per heavy atom. The van der Waals surface area contributed by atoms with Crippen molar-refractivity contribution in [3.8, 4) is 5.75 Å². The fourth-order valence-corrected chi connectivity index (χ4v) is 4.73. The highest BCUT2D eigenvalue weighted by Gasteiger charge is 2.37. The second-order valence-corrected chi connectivity index (χ2v) is 9.36. The molecule has 1 unspecified atom stereocenters. The largest absolute Gasteiger partial charge is 0.476 e. The molecular formula is C21H25N3O4S. The molecule has 0 radical (unpaired) electrons. The molecule has 8 heteroatoms. The van der Waals surface area contributed by atoms with Gasteiger partial charge in [-0.3, -0.25) is 14.0 Å². The van der Waals surface area contributed by atoms with Gasteiger partial charge in [-0.2, -0.15) is 0 Å². The number of carbonyl (C=O) groups excluding carboxylic acids is 1. The molecule has 0 spiro atoms. The van der Waals surface area contributed by atoms with Crippen LogP contribution in [0.15, 0.2) is 54.6 Å². The maximum Gasteiger partial charge on any atom is 0.265 e. The second-order valence-electron chi connectivity index (χ2n) is 7.46. The van der Waals surface area contributed by atoms with Gasteiger partial charge in [-0.15, -0.1) is 0 Å². The van der Waals surface area contributed by atoms with E-state index in [2.05, 4.69) is 17.0 Å². The van der Waals surface area contributed by atoms with Crippen molar-refractivity contribution in [2.24, 2.45) is 0 Å². The molecule has 0 N–H and O–H groups in total. The van der Waals surface area contributed by atoms with Crippen LogP contribution in [0.25, 0.3) is 0 Å². The number of anilines is 1. The number of carbonyl (C=O) groups is 1. The summed E-state index contributed by atoms with van der Waals surface area (Å²) in [6.07, 6.45) is 0.319. The molecule has 29 heavy (non-hydrogen) atoms. The molecule has 2 aliphatic heterocycles. The normalized spacial score (nSPS) is 20.1. The van der Waals surface area contributed by atoms with Gasteiger partial charge in [0.2, 0.25) is 10.0 Å². The number of ether oxygens (including phenoxy) is 1. The Morgan fingerprint density at radius 2 is 1.66 bits per heavy atom. The SMILES string of the molecule is CS(=O)(=O)N1CC(C(=O)N2CCN(Cc3ccccc3)CC2)Oc2ccccc21. The molecule has 1 atom stereocenters. The summed E-state index contributed by atoms with van der Waals surface area (Å²) in [7, 11) is -3.51. The lowest BCUT2D eigenvalue weighted by Crippen LogP contribution is -2.56. The first-order chi connectivity index (χ1) is 13.9. The first kappa shape index (κ1) is 19.7. The van der Waals surface area contributed by atoms with Crippen molar-refractivity contribution >= 4 is 21.6 Å². The van der Waals surface area contributed by atoms with Gasteiger partial charge in [-0.1, -0.05) is 42.5 Å². The quantitative estimate of drug-likeness (QED) is 0.758. The molecule has 7 nitrogen and oxygen atoms in total. The maximum absolute atomic E-state index is 13.1. The minimum atomic E-state index is -3.51. The minimum absolute atomic E-state index is 0.00108. The third-order valence-electron chi connectivity index (χ3n) is 5.34. The van der Waals surface area contributed by atoms with Crippen LogP contribution in [0, 0.1) is 0 Å². The molecule has 0 aliphatic carbocycles. The molecule has 154 valence electrons. The molecule has 0 saturated carbocycles. The average Bonchev–Trinajstić information content (AvgIpc) is 2.73. The Bertz CT molecular complexity index is 972. The van der Waals surface area contributed by atoms with Crippen LogP contribution in [0.3, 0.4) is 0 Å². The number of piperazine rings is 1. The highest BCUT2D eigenvalue weighted by Crippen LogP contribution is 2.35. The van der Waals surface area contributed by atoms with Crippen LogP contribution in [-0.4, -0.2) is 69.2 Å². The van der Waals surface area contributed by atoms with Gasteiger partial charge in [0.1, 0.15) is 5.75 Å². The minimum Gasteiger partial charge on any atom is -0.476 e. The number of sulfonamides is 1. The van der Waals surface area contributed by atoms with Gasteiger partial charge >= 0.3 is 0 Å². The molecule has 0 aromatic heterocycles. The van der Waals surface area contributed by atoms with Crippen molar-refractivity contribution in [3.63, 3.8) is 0 Å². The lowest BCUT2D eigenvalue weighted by molar-refractivity contribution is -0.140. The molecule has 1 saturated heterocycles. The van der Waals surface area contributed by atoms with Crippen LogP contribution in [-0.2, 0) is 21.4 Å². The highest BCUT2D eigenvalue weighted by atomic mass is 32.2. The average molecular weight is 416 g/mol. The number of fused-ring (bicyclic) bond motifs is 1. The summed E-state index contributed by atoms with van der Waals surface area (Å²) < 4.78 is 31.6. The molecule has 1 amide bonds. The number of hydrogen-bond acceptors (Lipinski definition) is 5. The van der Waals surface area contributed by atoms with Crippen molar-refractivity contribution in [3.05, 3.63) is 60.2 Å². The van der Waals surface area contributed by atoms with E-state index in [4.69, 9.17) is 4.74 Å². The van der Waals surface area contributed by atoms with Crippen LogP contribution in [0.1, 0.15) is 5.56 Å². The lowest BCUT2D eigenvalue weighted by Gasteiger charge is -2.39. The van der Waals surface area contributed by atoms with Crippen LogP contribution in [0.5, 0.6) is 5.75 Å². The van der Waals surface area contributed by atoms with E-state index in [1.54, 1.807) is 29.2 Å². The third kappa shape index (κ3) is 4.38. The van der Waals surface area contributed by atoms with Crippen molar-refractivity contribution in [1.29, 1.82) is 0 Å². The van der Waals surface area contributed by atoms with E-state index in [1.807, 2.05) is 18.2 Å². The summed E-state index contributed by atoms with van der Waals surface area (Å²) in [6.45, 7) is 3.62. The first-order valence-corrected chi connectivity index (χ1v) is 11.5. The Morgan fingerprint density at radius 3 is 2.34 bits per heavy atom. The predicted octanol–water partition coefficient (Wildman–Crippen LogP) is 1.56. The lowest BCUT2D eigenvalue weighted by atomic mass is 10.1. The van der Waals surface area contributed by atoms with Gasteiger partial charge in [-0.25, -0.2) is 8.42 Å². The van der Waals surface area contributed by atoms with E-state index in [-0.39, 0.29) is 12.5 Å². The van der Waals surface area contributed by atoms with Gasteiger partial charge in [0.05, 0.1) is 18.5 Å². The van der Waals surface area contributed by atoms with E-state index in [9.17, 15) is 13.2 Å². The zero-order chi connectivity index (χ0) is 20.4. The fourth-order valence-electron chi connectivity index (χ4n) is 3.82. The predicted molar refractivity (Wildman–Crippen MR) is 111 cm³/mol. The van der Waals surface area contributed by atoms with E-state index < -0.39 is 16.1 Å². The second kappa shape index (κ2) is 8.04.